The van der Waals surface area contributed by atoms with Crippen LogP contribution in [0.25, 0.3) is 0 Å². The van der Waals surface area contributed by atoms with Crippen LogP contribution in [0, 0.1) is 0 Å². The van der Waals surface area contributed by atoms with Gasteiger partial charge in [0.15, 0.2) is 6.23 Å². The van der Waals surface area contributed by atoms with E-state index in [9.17, 15) is 19.8 Å². The van der Waals surface area contributed by atoms with Gasteiger partial charge in [-0.25, -0.2) is 4.79 Å². The number of H-pyrrole nitrogens is 1. The molecule has 0 saturated carbocycles. The number of nitrogens with zero attached hydrogens (tertiary/aromatic N) is 2. The summed E-state index contributed by atoms with van der Waals surface area (Å²) in [4.78, 5) is 26.5. The van der Waals surface area contributed by atoms with Gasteiger partial charge in [-0.05, 0) is 0 Å². The second kappa shape index (κ2) is 6.41. The third-order valence-electron chi connectivity index (χ3n) is 5.03. The minimum Gasteiger partial charge on any atom is -0.394 e. The Morgan fingerprint density at radius 2 is 1.96 bits per heavy atom. The molecule has 0 aromatic carbocycles. The van der Waals surface area contributed by atoms with Crippen LogP contribution in [0.2, 0.25) is 0 Å². The van der Waals surface area contributed by atoms with Gasteiger partial charge < -0.3 is 24.5 Å². The van der Waals surface area contributed by atoms with Gasteiger partial charge in [0.05, 0.1) is 32.3 Å². The fourth-order valence-corrected chi connectivity index (χ4v) is 3.61. The highest BCUT2D eigenvalue weighted by Gasteiger charge is 2.44. The van der Waals surface area contributed by atoms with Crippen LogP contribution in [0.4, 0.5) is 0 Å². The number of hydrogen-bond acceptors (Lipinski definition) is 6. The summed E-state index contributed by atoms with van der Waals surface area (Å²) in [5.74, 6) is 0. The van der Waals surface area contributed by atoms with Gasteiger partial charge in [-0.15, -0.1) is 0 Å². The fourth-order valence-electron chi connectivity index (χ4n) is 3.61. The molecule has 0 amide bonds. The van der Waals surface area contributed by atoms with E-state index in [1.54, 1.807) is 0 Å². The van der Waals surface area contributed by atoms with Crippen molar-refractivity contribution in [1.82, 2.24) is 9.55 Å². The van der Waals surface area contributed by atoms with Gasteiger partial charge in [0.1, 0.15) is 24.9 Å². The van der Waals surface area contributed by atoms with Gasteiger partial charge in [-0.1, -0.05) is 0 Å². The molecular weight excluding hydrogens is 318 g/mol. The second-order valence-electron chi connectivity index (χ2n) is 6.98. The predicted molar refractivity (Wildman–Crippen MR) is 83.2 cm³/mol. The van der Waals surface area contributed by atoms with Gasteiger partial charge in [-0.3, -0.25) is 14.3 Å². The molecule has 4 atom stereocenters. The van der Waals surface area contributed by atoms with Crippen LogP contribution in [-0.4, -0.2) is 74.4 Å². The first-order valence-electron chi connectivity index (χ1n) is 8.15. The number of ether oxygens (including phenoxy) is 1. The highest BCUT2D eigenvalue weighted by atomic mass is 16.6. The van der Waals surface area contributed by atoms with E-state index in [0.29, 0.717) is 12.1 Å². The molecular formula is C15H24N3O6+. The lowest BCUT2D eigenvalue weighted by atomic mass is 10.1. The number of quaternary nitrogens is 1. The number of rotatable bonds is 4. The maximum atomic E-state index is 12.1. The molecule has 1 aromatic rings. The lowest BCUT2D eigenvalue weighted by molar-refractivity contribution is -0.911. The molecule has 9 heteroatoms. The summed E-state index contributed by atoms with van der Waals surface area (Å²) in [5.41, 5.74) is -0.742. The van der Waals surface area contributed by atoms with Crippen LogP contribution >= 0.6 is 0 Å². The molecule has 2 aliphatic rings. The zero-order chi connectivity index (χ0) is 17.5. The molecule has 9 nitrogen and oxygen atoms in total. The molecule has 2 fully saturated rings. The quantitative estimate of drug-likeness (QED) is 0.464. The van der Waals surface area contributed by atoms with Crippen LogP contribution in [0.5, 0.6) is 0 Å². The number of aliphatic hydroxyl groups excluding tert-OH is 3. The molecule has 134 valence electrons. The van der Waals surface area contributed by atoms with E-state index >= 15 is 0 Å². The molecule has 1 unspecified atom stereocenters. The first-order chi connectivity index (χ1) is 11.3. The van der Waals surface area contributed by atoms with Crippen molar-refractivity contribution in [2.75, 3.05) is 26.7 Å². The van der Waals surface area contributed by atoms with E-state index in [2.05, 4.69) is 12.0 Å². The van der Waals surface area contributed by atoms with Crippen molar-refractivity contribution in [3.05, 3.63) is 32.6 Å². The smallest absolute Gasteiger partial charge is 0.330 e. The number of aromatic amines is 1. The van der Waals surface area contributed by atoms with E-state index in [1.165, 1.54) is 6.20 Å². The molecule has 24 heavy (non-hydrogen) atoms. The average molecular weight is 342 g/mol. The molecule has 0 bridgehead atoms. The minimum absolute atomic E-state index is 0.428. The lowest BCUT2D eigenvalue weighted by Gasteiger charge is -2.29. The Morgan fingerprint density at radius 3 is 2.54 bits per heavy atom. The van der Waals surface area contributed by atoms with E-state index in [-0.39, 0.29) is 0 Å². The van der Waals surface area contributed by atoms with E-state index in [4.69, 9.17) is 9.84 Å². The lowest BCUT2D eigenvalue weighted by Crippen LogP contribution is -2.44. The highest BCUT2D eigenvalue weighted by molar-refractivity contribution is 5.05. The fraction of sp³-hybridized carbons (Fsp3) is 0.733. The standard InChI is InChI=1S/C15H23N3O6/c1-18(4-2-3-5-18)7-9-6-17(15(23)16-13(9)22)14-12(21)11(20)10(8-19)24-14/h6,10-12,14,19-21H,2-5,7-8H2,1H3/p+1/t10-,11+,12?,14-/m1/s1. The first kappa shape index (κ1) is 17.3. The topological polar surface area (TPSA) is 125 Å². The van der Waals surface area contributed by atoms with Gasteiger partial charge in [0, 0.05) is 19.0 Å². The van der Waals surface area contributed by atoms with Crippen LogP contribution < -0.4 is 11.2 Å². The molecule has 0 spiro atoms. The van der Waals surface area contributed by atoms with E-state index < -0.39 is 42.4 Å². The Labute approximate surface area is 138 Å². The number of aromatic nitrogens is 2. The van der Waals surface area contributed by atoms with E-state index in [0.717, 1.165) is 35.0 Å². The summed E-state index contributed by atoms with van der Waals surface area (Å²) < 4.78 is 7.18. The first-order valence-corrected chi connectivity index (χ1v) is 8.15. The molecule has 3 rings (SSSR count). The molecule has 2 aliphatic heterocycles. The van der Waals surface area contributed by atoms with Gasteiger partial charge in [-0.2, -0.15) is 0 Å². The Balaban J connectivity index is 1.93. The minimum atomic E-state index is -1.37. The molecule has 0 radical (unpaired) electrons. The van der Waals surface area contributed by atoms with Crippen LogP contribution in [0.3, 0.4) is 0 Å². The van der Waals surface area contributed by atoms with Crippen LogP contribution in [-0.2, 0) is 11.3 Å². The Hall–Kier alpha value is -1.52. The zero-order valence-electron chi connectivity index (χ0n) is 13.6. The summed E-state index contributed by atoms with van der Waals surface area (Å²) in [6.07, 6.45) is -1.20. The van der Waals surface area contributed by atoms with Gasteiger partial charge in [0.2, 0.25) is 0 Å². The third-order valence-corrected chi connectivity index (χ3v) is 5.03. The Bertz CT molecular complexity index is 708. The molecule has 0 aliphatic carbocycles. The number of aliphatic hydroxyl groups is 3. The normalized spacial score (nSPS) is 32.3. The summed E-state index contributed by atoms with van der Waals surface area (Å²) in [5, 5.41) is 29.1. The largest absolute Gasteiger partial charge is 0.394 e. The second-order valence-corrected chi connectivity index (χ2v) is 6.98. The molecule has 1 aromatic heterocycles. The summed E-state index contributed by atoms with van der Waals surface area (Å²) in [6, 6.07) is 0. The molecule has 2 saturated heterocycles. The summed E-state index contributed by atoms with van der Waals surface area (Å²) in [7, 11) is 2.06. The van der Waals surface area contributed by atoms with Crippen molar-refractivity contribution in [2.24, 2.45) is 0 Å². The van der Waals surface area contributed by atoms with Gasteiger partial charge >= 0.3 is 5.69 Å². The molecule has 3 heterocycles. The SMILES string of the molecule is C[N+]1(Cc2cn([C@@H]3O[C@H](CO)[C@H](O)C3O)c(=O)[nH]c2=O)CCCC1. The van der Waals surface area contributed by atoms with Crippen molar-refractivity contribution in [1.29, 1.82) is 0 Å². The predicted octanol–water partition coefficient (Wildman–Crippen LogP) is -2.11. The van der Waals surface area contributed by atoms with Crippen molar-refractivity contribution >= 4 is 0 Å². The van der Waals surface area contributed by atoms with Crippen molar-refractivity contribution in [2.45, 2.75) is 43.9 Å². The summed E-state index contributed by atoms with van der Waals surface area (Å²) in [6.45, 7) is 1.93. The zero-order valence-corrected chi connectivity index (χ0v) is 13.6. The monoisotopic (exact) mass is 342 g/mol. The van der Waals surface area contributed by atoms with Gasteiger partial charge in [0.25, 0.3) is 5.56 Å². The van der Waals surface area contributed by atoms with Crippen molar-refractivity contribution in [3.8, 4) is 0 Å². The van der Waals surface area contributed by atoms with E-state index in [1.807, 2.05) is 0 Å². The Morgan fingerprint density at radius 1 is 1.29 bits per heavy atom. The van der Waals surface area contributed by atoms with Crippen LogP contribution in [0.1, 0.15) is 24.6 Å². The number of hydrogen-bond donors (Lipinski definition) is 4. The highest BCUT2D eigenvalue weighted by Crippen LogP contribution is 2.28. The molecule has 4 N–H and O–H groups in total. The van der Waals surface area contributed by atoms with Crippen LogP contribution in [0.15, 0.2) is 15.8 Å². The maximum Gasteiger partial charge on any atom is 0.330 e. The summed E-state index contributed by atoms with van der Waals surface area (Å²) >= 11 is 0. The maximum absolute atomic E-state index is 12.1. The van der Waals surface area contributed by atoms with Crippen molar-refractivity contribution in [3.63, 3.8) is 0 Å². The Kier molecular flexibility index (Phi) is 4.63. The third kappa shape index (κ3) is 3.05. The average Bonchev–Trinajstić information content (AvgIpc) is 3.08. The number of likely N-dealkylation sites (tertiary alicyclic amines) is 1. The van der Waals surface area contributed by atoms with Crippen molar-refractivity contribution < 1.29 is 24.5 Å². The number of nitrogens with one attached hydrogen (secondary N) is 1.